The van der Waals surface area contributed by atoms with Crippen LogP contribution in [0.15, 0.2) is 52.4 Å². The van der Waals surface area contributed by atoms with Crippen molar-refractivity contribution in [3.05, 3.63) is 53.5 Å². The number of hydrogen-bond acceptors (Lipinski definition) is 7. The molecule has 2 heterocycles. The number of benzene rings is 1. The van der Waals surface area contributed by atoms with Gasteiger partial charge in [-0.3, -0.25) is 20.4 Å². The van der Waals surface area contributed by atoms with E-state index in [1.54, 1.807) is 19.2 Å². The largest absolute Gasteiger partial charge is 0.495 e. The molecule has 1 aromatic carbocycles. The van der Waals surface area contributed by atoms with Crippen LogP contribution in [0.3, 0.4) is 0 Å². The van der Waals surface area contributed by atoms with Gasteiger partial charge in [-0.05, 0) is 23.6 Å². The van der Waals surface area contributed by atoms with E-state index in [1.807, 2.05) is 29.6 Å². The monoisotopic (exact) mass is 372 g/mol. The molecular weight excluding hydrogens is 356 g/mol. The highest BCUT2D eigenvalue weighted by molar-refractivity contribution is 7.13. The normalized spacial score (nSPS) is 10.2. The van der Waals surface area contributed by atoms with Crippen molar-refractivity contribution < 1.29 is 18.8 Å². The van der Waals surface area contributed by atoms with E-state index < -0.39 is 11.8 Å². The molecule has 0 saturated heterocycles. The van der Waals surface area contributed by atoms with Crippen LogP contribution in [-0.4, -0.2) is 30.6 Å². The maximum Gasteiger partial charge on any atom is 0.291 e. The maximum absolute atomic E-state index is 12.0. The van der Waals surface area contributed by atoms with Crippen LogP contribution in [0.4, 0.5) is 5.69 Å². The third-order valence-corrected chi connectivity index (χ3v) is 4.25. The van der Waals surface area contributed by atoms with E-state index >= 15 is 0 Å². The quantitative estimate of drug-likeness (QED) is 0.573. The molecule has 3 aromatic rings. The Bertz CT molecular complexity index is 892. The zero-order valence-corrected chi connectivity index (χ0v) is 14.6. The lowest BCUT2D eigenvalue weighted by Gasteiger charge is -2.11. The summed E-state index contributed by atoms with van der Waals surface area (Å²) in [5.74, 6) is 0.121. The van der Waals surface area contributed by atoms with Gasteiger partial charge in [0.1, 0.15) is 5.75 Å². The highest BCUT2D eigenvalue weighted by Crippen LogP contribution is 2.25. The first kappa shape index (κ1) is 17.5. The van der Waals surface area contributed by atoms with Crippen molar-refractivity contribution in [1.29, 1.82) is 0 Å². The number of aromatic nitrogens is 1. The van der Waals surface area contributed by atoms with Crippen molar-refractivity contribution in [3.8, 4) is 16.4 Å². The molecule has 0 aliphatic carbocycles. The molecule has 26 heavy (non-hydrogen) atoms. The first-order valence-corrected chi connectivity index (χ1v) is 8.52. The molecule has 8 nitrogen and oxygen atoms in total. The van der Waals surface area contributed by atoms with Gasteiger partial charge in [-0.15, -0.1) is 11.3 Å². The van der Waals surface area contributed by atoms with Gasteiger partial charge in [0, 0.05) is 6.07 Å². The number of hydrazine groups is 1. The molecule has 0 spiro atoms. The zero-order valence-electron chi connectivity index (χ0n) is 13.8. The predicted molar refractivity (Wildman–Crippen MR) is 96.9 cm³/mol. The highest BCUT2D eigenvalue weighted by Gasteiger charge is 2.15. The van der Waals surface area contributed by atoms with Gasteiger partial charge in [0.25, 0.3) is 11.8 Å². The minimum atomic E-state index is -0.567. The summed E-state index contributed by atoms with van der Waals surface area (Å²) in [6.45, 7) is -0.0418. The molecule has 2 amide bonds. The van der Waals surface area contributed by atoms with Gasteiger partial charge < -0.3 is 14.6 Å². The maximum atomic E-state index is 12.0. The third-order valence-electron chi connectivity index (χ3n) is 3.37. The Morgan fingerprint density at radius 3 is 2.81 bits per heavy atom. The molecule has 2 aromatic heterocycles. The van der Waals surface area contributed by atoms with Gasteiger partial charge in [-0.2, -0.15) is 0 Å². The smallest absolute Gasteiger partial charge is 0.291 e. The molecule has 0 radical (unpaired) electrons. The topological polar surface area (TPSA) is 105 Å². The minimum absolute atomic E-state index is 0.0418. The van der Waals surface area contributed by atoms with E-state index in [9.17, 15) is 9.59 Å². The fourth-order valence-corrected chi connectivity index (χ4v) is 2.79. The van der Waals surface area contributed by atoms with E-state index in [-0.39, 0.29) is 12.2 Å². The van der Waals surface area contributed by atoms with Crippen LogP contribution in [0, 0.1) is 0 Å². The standard InChI is InChI=1S/C17H16N4O4S/c1-24-13-6-3-2-5-11(13)18-10-16(22)19-20-17(23)12-9-14(25-21-12)15-7-4-8-26-15/h2-9,18H,10H2,1H3,(H,19,22)(H,20,23). The molecule has 0 atom stereocenters. The number of rotatable bonds is 6. The summed E-state index contributed by atoms with van der Waals surface area (Å²) < 4.78 is 10.3. The molecule has 3 rings (SSSR count). The number of hydrogen-bond donors (Lipinski definition) is 3. The van der Waals surface area contributed by atoms with Gasteiger partial charge in [0.05, 0.1) is 24.2 Å². The number of nitrogens with one attached hydrogen (secondary N) is 3. The number of carbonyl (C=O) groups excluding carboxylic acids is 2. The first-order chi connectivity index (χ1) is 12.7. The Morgan fingerprint density at radius 2 is 2.04 bits per heavy atom. The van der Waals surface area contributed by atoms with Gasteiger partial charge in [-0.25, -0.2) is 0 Å². The summed E-state index contributed by atoms with van der Waals surface area (Å²) in [6.07, 6.45) is 0. The van der Waals surface area contributed by atoms with Gasteiger partial charge in [-0.1, -0.05) is 23.4 Å². The van der Waals surface area contributed by atoms with Crippen LogP contribution >= 0.6 is 11.3 Å². The second kappa shape index (κ2) is 8.17. The van der Waals surface area contributed by atoms with Gasteiger partial charge in [0.2, 0.25) is 0 Å². The second-order valence-corrected chi connectivity index (χ2v) is 6.06. The molecule has 0 unspecified atom stereocenters. The number of methoxy groups -OCH3 is 1. The Morgan fingerprint density at radius 1 is 1.19 bits per heavy atom. The van der Waals surface area contributed by atoms with Crippen LogP contribution in [0.1, 0.15) is 10.5 Å². The molecule has 0 saturated carbocycles. The van der Waals surface area contributed by atoms with Crippen molar-refractivity contribution in [2.45, 2.75) is 0 Å². The van der Waals surface area contributed by atoms with Crippen molar-refractivity contribution in [2.24, 2.45) is 0 Å². The molecule has 0 fully saturated rings. The summed E-state index contributed by atoms with van der Waals surface area (Å²) in [4.78, 5) is 24.8. The minimum Gasteiger partial charge on any atom is -0.495 e. The number of nitrogens with zero attached hydrogens (tertiary/aromatic N) is 1. The van der Waals surface area contributed by atoms with E-state index in [0.717, 1.165) is 4.88 Å². The number of carbonyl (C=O) groups is 2. The lowest BCUT2D eigenvalue weighted by Crippen LogP contribution is -2.44. The summed E-state index contributed by atoms with van der Waals surface area (Å²) in [7, 11) is 1.54. The molecule has 0 bridgehead atoms. The van der Waals surface area contributed by atoms with Gasteiger partial charge in [0.15, 0.2) is 11.5 Å². The van der Waals surface area contributed by atoms with E-state index in [1.165, 1.54) is 17.4 Å². The number of anilines is 1. The van der Waals surface area contributed by atoms with Crippen molar-refractivity contribution in [2.75, 3.05) is 19.0 Å². The van der Waals surface area contributed by atoms with Crippen molar-refractivity contribution >= 4 is 28.8 Å². The van der Waals surface area contributed by atoms with Crippen molar-refractivity contribution in [3.63, 3.8) is 0 Å². The van der Waals surface area contributed by atoms with Crippen LogP contribution < -0.4 is 20.9 Å². The summed E-state index contributed by atoms with van der Waals surface area (Å²) in [5.41, 5.74) is 5.36. The Labute approximate surface area is 153 Å². The molecule has 0 aliphatic heterocycles. The average Bonchev–Trinajstić information content (AvgIpc) is 3.36. The van der Waals surface area contributed by atoms with E-state index in [0.29, 0.717) is 17.2 Å². The second-order valence-electron chi connectivity index (χ2n) is 5.11. The molecule has 134 valence electrons. The lowest BCUT2D eigenvalue weighted by molar-refractivity contribution is -0.120. The van der Waals surface area contributed by atoms with Crippen LogP contribution in [0.5, 0.6) is 5.75 Å². The molecular formula is C17H16N4O4S. The van der Waals surface area contributed by atoms with Crippen molar-refractivity contribution in [1.82, 2.24) is 16.0 Å². The summed E-state index contributed by atoms with van der Waals surface area (Å²) in [5, 5.41) is 8.53. The Kier molecular flexibility index (Phi) is 5.49. The number of amides is 2. The van der Waals surface area contributed by atoms with Crippen LogP contribution in [0.2, 0.25) is 0 Å². The SMILES string of the molecule is COc1ccccc1NCC(=O)NNC(=O)c1cc(-c2cccs2)on1. The first-order valence-electron chi connectivity index (χ1n) is 7.64. The van der Waals surface area contributed by atoms with Crippen LogP contribution in [0.25, 0.3) is 10.6 Å². The third kappa shape index (κ3) is 4.19. The summed E-state index contributed by atoms with van der Waals surface area (Å²) in [6, 6.07) is 12.5. The number of para-hydroxylation sites is 2. The Hall–Kier alpha value is -3.33. The van der Waals surface area contributed by atoms with E-state index in [4.69, 9.17) is 9.26 Å². The zero-order chi connectivity index (χ0) is 18.4. The van der Waals surface area contributed by atoms with Crippen LogP contribution in [-0.2, 0) is 4.79 Å². The average molecular weight is 372 g/mol. The van der Waals surface area contributed by atoms with Gasteiger partial charge >= 0.3 is 0 Å². The number of thiophene rings is 1. The molecule has 3 N–H and O–H groups in total. The van der Waals surface area contributed by atoms with E-state index in [2.05, 4.69) is 21.3 Å². The summed E-state index contributed by atoms with van der Waals surface area (Å²) >= 11 is 1.47. The highest BCUT2D eigenvalue weighted by atomic mass is 32.1. The Balaban J connectivity index is 1.49. The lowest BCUT2D eigenvalue weighted by atomic mass is 10.3. The molecule has 0 aliphatic rings. The predicted octanol–water partition coefficient (Wildman–Crippen LogP) is 2.28. The fourth-order valence-electron chi connectivity index (χ4n) is 2.12. The number of ether oxygens (including phenoxy) is 1. The fraction of sp³-hybridized carbons (Fsp3) is 0.118. The molecule has 9 heteroatoms.